The molecule has 0 radical (unpaired) electrons. The predicted molar refractivity (Wildman–Crippen MR) is 149 cm³/mol. The van der Waals surface area contributed by atoms with Crippen molar-refractivity contribution >= 4 is 37.2 Å². The van der Waals surface area contributed by atoms with Crippen molar-refractivity contribution in [3.8, 4) is 0 Å². The van der Waals surface area contributed by atoms with Gasteiger partial charge in [0.15, 0.2) is 5.71 Å². The van der Waals surface area contributed by atoms with Crippen LogP contribution in [0.25, 0.3) is 5.57 Å². The molecule has 8 nitrogen and oxygen atoms in total. The van der Waals surface area contributed by atoms with Crippen molar-refractivity contribution in [3.63, 3.8) is 0 Å². The molecule has 0 atom stereocenters. The molecule has 0 saturated carbocycles. The molecule has 40 heavy (non-hydrogen) atoms. The van der Waals surface area contributed by atoms with Crippen LogP contribution in [0.3, 0.4) is 0 Å². The standard InChI is InChI=1S/C29H28N2O6S2.Na/c1-30(2)24-15-11-22(12-16-24)29(27-9-4-5-10-28(27)39(35,36)37)23-13-17-25(18-14-23)31(3)20-21-7-6-8-26(19-21)38(32,33)34;/h4,6-19H,20H2,1-3H3,(H,32,33,34)(H,35,36,37);/q;+1/p-1. The van der Waals surface area contributed by atoms with E-state index in [1.54, 1.807) is 18.2 Å². The SMILES string of the molecule is CN(Cc1cccc(S(=O)(=O)[O-])c1)c1ccc(C(=C2C=CC(=[N+](C)C)C=C2)c2cc[c-]cc2S(=O)(=O)O)cc1.[Na+]. The summed E-state index contributed by atoms with van der Waals surface area (Å²) in [5.74, 6) is 0. The molecule has 1 N–H and O–H groups in total. The van der Waals surface area contributed by atoms with Gasteiger partial charge in [0.25, 0.3) is 0 Å². The Bertz CT molecular complexity index is 1740. The molecule has 3 aromatic carbocycles. The molecular formula is C29H27N2NaO6S2. The van der Waals surface area contributed by atoms with E-state index in [0.717, 1.165) is 22.5 Å². The fourth-order valence-electron chi connectivity index (χ4n) is 4.29. The monoisotopic (exact) mass is 586 g/mol. The van der Waals surface area contributed by atoms with Gasteiger partial charge in [-0.05, 0) is 63.6 Å². The number of benzene rings is 3. The summed E-state index contributed by atoms with van der Waals surface area (Å²) < 4.78 is 70.5. The largest absolute Gasteiger partial charge is 1.00 e. The normalized spacial score (nSPS) is 13.1. The minimum atomic E-state index is -4.55. The second kappa shape index (κ2) is 12.8. The Labute approximate surface area is 257 Å². The van der Waals surface area contributed by atoms with Crippen molar-refractivity contribution in [1.82, 2.24) is 0 Å². The smallest absolute Gasteiger partial charge is 0.744 e. The van der Waals surface area contributed by atoms with Crippen LogP contribution in [0.5, 0.6) is 0 Å². The van der Waals surface area contributed by atoms with Crippen LogP contribution in [0.15, 0.2) is 106 Å². The van der Waals surface area contributed by atoms with Gasteiger partial charge < -0.3 is 9.45 Å². The zero-order valence-electron chi connectivity index (χ0n) is 22.6. The summed E-state index contributed by atoms with van der Waals surface area (Å²) in [5.41, 5.74) is 4.88. The van der Waals surface area contributed by atoms with E-state index in [-0.39, 0.29) is 39.3 Å². The van der Waals surface area contributed by atoms with Crippen LogP contribution in [0.2, 0.25) is 0 Å². The molecule has 1 aliphatic rings. The van der Waals surface area contributed by atoms with Crippen LogP contribution in [-0.2, 0) is 26.8 Å². The molecule has 1 aliphatic carbocycles. The zero-order valence-corrected chi connectivity index (χ0v) is 26.2. The van der Waals surface area contributed by atoms with Gasteiger partial charge in [0.1, 0.15) is 24.2 Å². The molecule has 0 saturated heterocycles. The Morgan fingerprint density at radius 1 is 0.975 bits per heavy atom. The molecule has 4 rings (SSSR count). The maximum atomic E-state index is 12.2. The topological polar surface area (TPSA) is 118 Å². The van der Waals surface area contributed by atoms with Gasteiger partial charge in [-0.15, -0.1) is 5.56 Å². The molecule has 3 aromatic rings. The van der Waals surface area contributed by atoms with Crippen molar-refractivity contribution in [1.29, 1.82) is 0 Å². The van der Waals surface area contributed by atoms with E-state index in [1.807, 2.05) is 79.2 Å². The van der Waals surface area contributed by atoms with Gasteiger partial charge in [-0.3, -0.25) is 4.55 Å². The third kappa shape index (κ3) is 7.46. The van der Waals surface area contributed by atoms with Gasteiger partial charge in [0, 0.05) is 31.4 Å². The van der Waals surface area contributed by atoms with Crippen molar-refractivity contribution in [2.24, 2.45) is 0 Å². The summed E-state index contributed by atoms with van der Waals surface area (Å²) in [6.07, 6.45) is 7.64. The van der Waals surface area contributed by atoms with Crippen molar-refractivity contribution in [2.45, 2.75) is 16.3 Å². The van der Waals surface area contributed by atoms with E-state index < -0.39 is 20.2 Å². The van der Waals surface area contributed by atoms with Crippen LogP contribution in [0, 0.1) is 6.07 Å². The minimum absolute atomic E-state index is 0. The molecular weight excluding hydrogens is 559 g/mol. The summed E-state index contributed by atoms with van der Waals surface area (Å²) in [6.45, 7) is 0.354. The second-order valence-corrected chi connectivity index (χ2v) is 12.0. The minimum Gasteiger partial charge on any atom is -0.744 e. The average Bonchev–Trinajstić information content (AvgIpc) is 2.89. The Morgan fingerprint density at radius 3 is 2.20 bits per heavy atom. The molecule has 0 fully saturated rings. The molecule has 11 heteroatoms. The first-order chi connectivity index (χ1) is 18.3. The van der Waals surface area contributed by atoms with Crippen LogP contribution in [0.1, 0.15) is 16.7 Å². The molecule has 202 valence electrons. The Hall–Kier alpha value is -2.83. The predicted octanol–water partition coefficient (Wildman–Crippen LogP) is 0.919. The van der Waals surface area contributed by atoms with Gasteiger partial charge in [-0.1, -0.05) is 24.3 Å². The van der Waals surface area contributed by atoms with Gasteiger partial charge >= 0.3 is 29.6 Å². The number of nitrogens with zero attached hydrogens (tertiary/aromatic N) is 2. The quantitative estimate of drug-likeness (QED) is 0.189. The first-order valence-corrected chi connectivity index (χ1v) is 14.7. The average molecular weight is 587 g/mol. The molecule has 0 aliphatic heterocycles. The number of hydrogen-bond acceptors (Lipinski definition) is 6. The van der Waals surface area contributed by atoms with Crippen LogP contribution in [0.4, 0.5) is 5.69 Å². The van der Waals surface area contributed by atoms with E-state index in [1.165, 1.54) is 24.3 Å². The summed E-state index contributed by atoms with van der Waals surface area (Å²) in [5, 5.41) is 0. The van der Waals surface area contributed by atoms with Crippen LogP contribution < -0.4 is 34.5 Å². The number of allylic oxidation sites excluding steroid dienone is 5. The Kier molecular flexibility index (Phi) is 10.1. The van der Waals surface area contributed by atoms with Gasteiger partial charge in [0.05, 0.1) is 4.90 Å². The molecule has 0 aromatic heterocycles. The number of hydrogen-bond donors (Lipinski definition) is 1. The molecule has 0 heterocycles. The van der Waals surface area contributed by atoms with Gasteiger partial charge in [0.2, 0.25) is 10.1 Å². The third-order valence-electron chi connectivity index (χ3n) is 6.25. The molecule has 0 bridgehead atoms. The fourth-order valence-corrected chi connectivity index (χ4v) is 5.49. The van der Waals surface area contributed by atoms with Gasteiger partial charge in [-0.2, -0.15) is 24.3 Å². The van der Waals surface area contributed by atoms with E-state index in [2.05, 4.69) is 6.07 Å². The fraction of sp³-hybridized carbons (Fsp3) is 0.138. The maximum absolute atomic E-state index is 12.2. The Balaban J connectivity index is 0.00000441. The van der Waals surface area contributed by atoms with Gasteiger partial charge in [-0.25, -0.2) is 21.4 Å². The van der Waals surface area contributed by atoms with E-state index in [0.29, 0.717) is 23.2 Å². The second-order valence-electron chi connectivity index (χ2n) is 9.22. The molecule has 0 spiro atoms. The summed E-state index contributed by atoms with van der Waals surface area (Å²) in [4.78, 5) is 1.37. The maximum Gasteiger partial charge on any atom is 1.00 e. The molecule has 0 amide bonds. The summed E-state index contributed by atoms with van der Waals surface area (Å²) in [7, 11) is -3.39. The van der Waals surface area contributed by atoms with Crippen LogP contribution >= 0.6 is 0 Å². The van der Waals surface area contributed by atoms with E-state index in [4.69, 9.17) is 0 Å². The molecule has 0 unspecified atom stereocenters. The number of anilines is 1. The van der Waals surface area contributed by atoms with Crippen molar-refractivity contribution < 1.29 is 60.1 Å². The van der Waals surface area contributed by atoms with E-state index in [9.17, 15) is 25.9 Å². The first kappa shape index (κ1) is 31.7. The van der Waals surface area contributed by atoms with E-state index >= 15 is 0 Å². The number of rotatable bonds is 7. The zero-order chi connectivity index (χ0) is 28.4. The first-order valence-electron chi connectivity index (χ1n) is 11.8. The Morgan fingerprint density at radius 2 is 1.62 bits per heavy atom. The van der Waals surface area contributed by atoms with Crippen LogP contribution in [-0.4, -0.2) is 57.4 Å². The van der Waals surface area contributed by atoms with Crippen molar-refractivity contribution in [3.05, 3.63) is 119 Å². The summed E-state index contributed by atoms with van der Waals surface area (Å²) >= 11 is 0. The van der Waals surface area contributed by atoms with Crippen molar-refractivity contribution in [2.75, 3.05) is 26.0 Å². The third-order valence-corrected chi connectivity index (χ3v) is 7.97. The summed E-state index contributed by atoms with van der Waals surface area (Å²) in [6, 6.07) is 20.5.